The monoisotopic (exact) mass is 480 g/mol. The van der Waals surface area contributed by atoms with Gasteiger partial charge in [0.05, 0.1) is 23.6 Å². The van der Waals surface area contributed by atoms with Gasteiger partial charge in [-0.15, -0.1) is 13.2 Å². The van der Waals surface area contributed by atoms with Gasteiger partial charge in [-0.3, -0.25) is 13.7 Å². The fraction of sp³-hybridized carbons (Fsp3) is 0.333. The lowest BCUT2D eigenvalue weighted by atomic mass is 9.97. The number of rotatable bonds is 6. The quantitative estimate of drug-likeness (QED) is 0.541. The average molecular weight is 480 g/mol. The van der Waals surface area contributed by atoms with Gasteiger partial charge in [0.15, 0.2) is 11.6 Å². The molecular formula is C21H19F3N4O4S. The van der Waals surface area contributed by atoms with Crippen molar-refractivity contribution in [1.29, 1.82) is 0 Å². The number of nitrogens with zero attached hydrogens (tertiary/aromatic N) is 4. The first-order valence-corrected chi connectivity index (χ1v) is 11.4. The maximum absolute atomic E-state index is 13.0. The zero-order valence-electron chi connectivity index (χ0n) is 17.3. The molecule has 1 aliphatic rings. The summed E-state index contributed by atoms with van der Waals surface area (Å²) in [5.74, 6) is -0.579. The second-order valence-electron chi connectivity index (χ2n) is 7.66. The number of aliphatic hydroxyl groups excluding tert-OH is 1. The summed E-state index contributed by atoms with van der Waals surface area (Å²) < 4.78 is 54.5. The topological polar surface area (TPSA) is 107 Å². The highest BCUT2D eigenvalue weighted by molar-refractivity contribution is 7.85. The summed E-state index contributed by atoms with van der Waals surface area (Å²) in [7, 11) is 0.540. The molecule has 3 heterocycles. The number of alkyl halides is 3. The molecule has 0 radical (unpaired) electrons. The van der Waals surface area contributed by atoms with Crippen molar-refractivity contribution in [2.75, 3.05) is 11.5 Å². The fourth-order valence-corrected chi connectivity index (χ4v) is 5.12. The number of ketones is 1. The molecule has 3 aromatic rings. The average Bonchev–Trinajstić information content (AvgIpc) is 3.31. The highest BCUT2D eigenvalue weighted by atomic mass is 32.2. The molecule has 1 saturated heterocycles. The number of halogens is 3. The highest BCUT2D eigenvalue weighted by Gasteiger charge is 2.33. The molecule has 12 heteroatoms. The van der Waals surface area contributed by atoms with Crippen molar-refractivity contribution in [3.8, 4) is 28.4 Å². The van der Waals surface area contributed by atoms with Gasteiger partial charge in [-0.05, 0) is 30.3 Å². The number of hydrogen-bond donors (Lipinski definition) is 1. The number of benzene rings is 1. The maximum Gasteiger partial charge on any atom is 0.573 e. The summed E-state index contributed by atoms with van der Waals surface area (Å²) in [6.45, 7) is 0. The number of hydrogen-bond acceptors (Lipinski definition) is 7. The molecule has 1 N–H and O–H groups in total. The lowest BCUT2D eigenvalue weighted by molar-refractivity contribution is -0.274. The largest absolute Gasteiger partial charge is 0.573 e. The Bertz CT molecular complexity index is 1200. The maximum atomic E-state index is 13.0. The summed E-state index contributed by atoms with van der Waals surface area (Å²) in [6.07, 6.45) is -2.48. The van der Waals surface area contributed by atoms with Gasteiger partial charge in [-0.2, -0.15) is 5.10 Å². The fourth-order valence-electron chi connectivity index (χ4n) is 3.51. The van der Waals surface area contributed by atoms with Gasteiger partial charge in [-0.1, -0.05) is 0 Å². The summed E-state index contributed by atoms with van der Waals surface area (Å²) in [5, 5.41) is 14.1. The molecule has 2 aromatic heterocycles. The van der Waals surface area contributed by atoms with E-state index >= 15 is 0 Å². The van der Waals surface area contributed by atoms with E-state index in [1.54, 1.807) is 17.9 Å². The van der Waals surface area contributed by atoms with Crippen LogP contribution < -0.4 is 4.74 Å². The smallest absolute Gasteiger partial charge is 0.406 e. The van der Waals surface area contributed by atoms with Gasteiger partial charge in [0.1, 0.15) is 11.4 Å². The number of Topliss-reactive ketones (excluding diaryl/α,β-unsaturated/α-hetero) is 1. The molecule has 0 saturated carbocycles. The number of carbonyl (C=O) groups is 1. The van der Waals surface area contributed by atoms with E-state index in [2.05, 4.69) is 19.8 Å². The Morgan fingerprint density at radius 1 is 1.21 bits per heavy atom. The van der Waals surface area contributed by atoms with Gasteiger partial charge in [0.25, 0.3) is 0 Å². The van der Waals surface area contributed by atoms with Crippen molar-refractivity contribution >= 4 is 16.6 Å². The first-order valence-electron chi connectivity index (χ1n) is 9.88. The number of aromatic nitrogens is 4. The van der Waals surface area contributed by atoms with Gasteiger partial charge < -0.3 is 9.84 Å². The van der Waals surface area contributed by atoms with Crippen LogP contribution >= 0.6 is 0 Å². The van der Waals surface area contributed by atoms with Crippen LogP contribution in [0, 0.1) is 5.92 Å². The van der Waals surface area contributed by atoms with Crippen molar-refractivity contribution in [2.45, 2.75) is 18.9 Å². The molecule has 1 aliphatic heterocycles. The first-order chi connectivity index (χ1) is 15.6. The molecule has 33 heavy (non-hydrogen) atoms. The lowest BCUT2D eigenvalue weighted by Gasteiger charge is -2.13. The van der Waals surface area contributed by atoms with E-state index in [4.69, 9.17) is 0 Å². The van der Waals surface area contributed by atoms with E-state index in [-0.39, 0.29) is 41.0 Å². The Kier molecular flexibility index (Phi) is 6.30. The third kappa shape index (κ3) is 5.63. The van der Waals surface area contributed by atoms with Crippen LogP contribution in [-0.2, 0) is 17.8 Å². The van der Waals surface area contributed by atoms with E-state index < -0.39 is 29.2 Å². The van der Waals surface area contributed by atoms with E-state index in [9.17, 15) is 27.3 Å². The summed E-state index contributed by atoms with van der Waals surface area (Å²) in [6, 6.07) is 6.55. The Labute approximate surface area is 188 Å². The van der Waals surface area contributed by atoms with Crippen molar-refractivity contribution in [3.05, 3.63) is 48.4 Å². The third-order valence-electron chi connectivity index (χ3n) is 5.11. The van der Waals surface area contributed by atoms with Crippen LogP contribution in [0.3, 0.4) is 0 Å². The van der Waals surface area contributed by atoms with Crippen molar-refractivity contribution in [1.82, 2.24) is 19.7 Å². The predicted molar refractivity (Wildman–Crippen MR) is 113 cm³/mol. The molecular weight excluding hydrogens is 461 g/mol. The van der Waals surface area contributed by atoms with E-state index in [0.29, 0.717) is 16.8 Å². The van der Waals surface area contributed by atoms with Crippen LogP contribution in [0.1, 0.15) is 16.9 Å². The predicted octanol–water partition coefficient (Wildman–Crippen LogP) is 2.75. The second-order valence-corrected chi connectivity index (χ2v) is 9.21. The molecule has 4 rings (SSSR count). The molecule has 8 nitrogen and oxygen atoms in total. The molecule has 0 amide bonds. The van der Waals surface area contributed by atoms with Crippen LogP contribution in [-0.4, -0.2) is 58.8 Å². The molecule has 1 aromatic carbocycles. The van der Waals surface area contributed by atoms with Crippen LogP contribution in [0.5, 0.6) is 5.75 Å². The van der Waals surface area contributed by atoms with Crippen molar-refractivity contribution < 1.29 is 32.0 Å². The van der Waals surface area contributed by atoms with E-state index in [1.807, 2.05) is 0 Å². The number of aliphatic hydroxyl groups is 1. The van der Waals surface area contributed by atoms with Gasteiger partial charge in [-0.25, -0.2) is 9.97 Å². The lowest BCUT2D eigenvalue weighted by Crippen LogP contribution is -2.21. The summed E-state index contributed by atoms with van der Waals surface area (Å²) in [4.78, 5) is 21.8. The highest BCUT2D eigenvalue weighted by Crippen LogP contribution is 2.28. The Balaban J connectivity index is 1.68. The third-order valence-corrected chi connectivity index (χ3v) is 6.62. The van der Waals surface area contributed by atoms with Crippen LogP contribution in [0.15, 0.2) is 42.7 Å². The molecule has 1 unspecified atom stereocenters. The standard InChI is InChI=1S/C21H19F3N4O4S/c1-28-9-14(8-25-28)20-26-16(12-2-4-15(5-3-12)32-21(22,23)24)7-17(27-20)18(29)6-13-10-33(31)11-19(13)30/h2-5,7-9,13,19,30H,6,10-11H2,1H3/t13-,19+,33?/m0/s1. The van der Waals surface area contributed by atoms with Crippen LogP contribution in [0.4, 0.5) is 13.2 Å². The minimum Gasteiger partial charge on any atom is -0.406 e. The second kappa shape index (κ2) is 9.02. The molecule has 3 atom stereocenters. The minimum absolute atomic E-state index is 0.0335. The zero-order valence-corrected chi connectivity index (χ0v) is 18.1. The van der Waals surface area contributed by atoms with Crippen molar-refractivity contribution in [3.63, 3.8) is 0 Å². The zero-order chi connectivity index (χ0) is 23.8. The molecule has 0 spiro atoms. The Hall–Kier alpha value is -3.12. The van der Waals surface area contributed by atoms with Crippen LogP contribution in [0.2, 0.25) is 0 Å². The number of aryl methyl sites for hydroxylation is 1. The van der Waals surface area contributed by atoms with E-state index in [1.165, 1.54) is 24.4 Å². The minimum atomic E-state index is -4.81. The molecule has 0 bridgehead atoms. The number of ether oxygens (including phenoxy) is 1. The van der Waals surface area contributed by atoms with Gasteiger partial charge >= 0.3 is 6.36 Å². The van der Waals surface area contributed by atoms with Gasteiger partial charge in [0, 0.05) is 53.5 Å². The van der Waals surface area contributed by atoms with Crippen molar-refractivity contribution in [2.24, 2.45) is 13.0 Å². The SMILES string of the molecule is Cn1cc(-c2nc(C(=O)C[C@H]3CS(=O)C[C@H]3O)cc(-c3ccc(OC(F)(F)F)cc3)n2)cn1. The Morgan fingerprint density at radius 2 is 1.94 bits per heavy atom. The van der Waals surface area contributed by atoms with Crippen LogP contribution in [0.25, 0.3) is 22.6 Å². The Morgan fingerprint density at radius 3 is 2.52 bits per heavy atom. The summed E-state index contributed by atoms with van der Waals surface area (Å²) >= 11 is 0. The van der Waals surface area contributed by atoms with E-state index in [0.717, 1.165) is 12.1 Å². The molecule has 174 valence electrons. The molecule has 0 aliphatic carbocycles. The first kappa shape index (κ1) is 23.1. The number of carbonyl (C=O) groups excluding carboxylic acids is 1. The van der Waals surface area contributed by atoms with Gasteiger partial charge in [0.2, 0.25) is 0 Å². The summed E-state index contributed by atoms with van der Waals surface area (Å²) in [5.41, 5.74) is 1.40. The molecule has 1 fully saturated rings. The normalized spacial score (nSPS) is 20.7.